The van der Waals surface area contributed by atoms with E-state index in [1.165, 1.54) is 14.2 Å². The molecule has 212 valence electrons. The van der Waals surface area contributed by atoms with Gasteiger partial charge >= 0.3 is 11.9 Å². The molecule has 12 heteroatoms. The topological polar surface area (TPSA) is 139 Å². The van der Waals surface area contributed by atoms with E-state index >= 15 is 0 Å². The number of methoxy groups -OCH3 is 2. The highest BCUT2D eigenvalue weighted by molar-refractivity contribution is 6.29. The van der Waals surface area contributed by atoms with E-state index in [2.05, 4.69) is 20.2 Å². The van der Waals surface area contributed by atoms with Crippen LogP contribution in [0.25, 0.3) is 11.3 Å². The minimum absolute atomic E-state index is 0.0328. The summed E-state index contributed by atoms with van der Waals surface area (Å²) in [4.78, 5) is 32.3. The molecule has 6 rings (SSSR count). The molecule has 2 aliphatic rings. The monoisotopic (exact) mass is 567 g/mol. The van der Waals surface area contributed by atoms with Gasteiger partial charge in [0, 0.05) is 41.4 Å². The van der Waals surface area contributed by atoms with Gasteiger partial charge in [-0.25, -0.2) is 14.5 Å². The maximum absolute atomic E-state index is 11.5. The quantitative estimate of drug-likeness (QED) is 0.277. The SMILES string of the molecule is COC(=O)C1CCC(c2cc(Cl)n3nccc3n2)CC1.COC(=O)C1CCC(c2cc(N)n3nccc3n2)CC1. The molecule has 0 radical (unpaired) electrons. The Labute approximate surface area is 237 Å². The van der Waals surface area contributed by atoms with E-state index < -0.39 is 0 Å². The van der Waals surface area contributed by atoms with Crippen molar-refractivity contribution in [2.75, 3.05) is 20.0 Å². The largest absolute Gasteiger partial charge is 0.469 e. The predicted octanol–water partition coefficient (Wildman–Crippen LogP) is 4.59. The summed E-state index contributed by atoms with van der Waals surface area (Å²) in [5.74, 6) is 1.19. The van der Waals surface area contributed by atoms with Gasteiger partial charge < -0.3 is 15.2 Å². The van der Waals surface area contributed by atoms with Crippen molar-refractivity contribution < 1.29 is 19.1 Å². The molecule has 11 nitrogen and oxygen atoms in total. The van der Waals surface area contributed by atoms with Crippen LogP contribution in [-0.2, 0) is 19.1 Å². The molecule has 0 aliphatic heterocycles. The Morgan fingerprint density at radius 1 is 0.775 bits per heavy atom. The lowest BCUT2D eigenvalue weighted by atomic mass is 9.80. The van der Waals surface area contributed by atoms with Crippen molar-refractivity contribution in [2.24, 2.45) is 11.8 Å². The summed E-state index contributed by atoms with van der Waals surface area (Å²) in [6, 6.07) is 7.46. The number of fused-ring (bicyclic) bond motifs is 2. The Balaban J connectivity index is 0.000000161. The Bertz CT molecular complexity index is 1370. The first-order chi connectivity index (χ1) is 19.4. The summed E-state index contributed by atoms with van der Waals surface area (Å²) < 4.78 is 12.9. The van der Waals surface area contributed by atoms with Gasteiger partial charge in [-0.15, -0.1) is 0 Å². The van der Waals surface area contributed by atoms with E-state index in [9.17, 15) is 9.59 Å². The highest BCUT2D eigenvalue weighted by atomic mass is 35.5. The molecule has 4 heterocycles. The van der Waals surface area contributed by atoms with Crippen LogP contribution in [0.4, 0.5) is 5.82 Å². The second-order valence-electron chi connectivity index (χ2n) is 10.5. The summed E-state index contributed by atoms with van der Waals surface area (Å²) in [6.07, 6.45) is 10.5. The summed E-state index contributed by atoms with van der Waals surface area (Å²) in [6.45, 7) is 0. The zero-order valence-electron chi connectivity index (χ0n) is 22.7. The molecule has 40 heavy (non-hydrogen) atoms. The standard InChI is InChI=1S/C14H16ClN3O2.C14H18N4O2/c2*1-20-14(19)10-4-2-9(3-5-10)11-8-12(15)18-13(17-11)6-7-16-18/h6-10H,2-5H2,1H3;6-10H,2-5,15H2,1H3. The molecular formula is C28H34ClN7O4. The molecule has 0 unspecified atom stereocenters. The molecule has 2 N–H and O–H groups in total. The van der Waals surface area contributed by atoms with Crippen LogP contribution in [0.1, 0.15) is 74.6 Å². The first-order valence-electron chi connectivity index (χ1n) is 13.6. The third kappa shape index (κ3) is 5.89. The van der Waals surface area contributed by atoms with Crippen LogP contribution in [-0.4, -0.2) is 55.4 Å². The number of carbonyl (C=O) groups is 2. The highest BCUT2D eigenvalue weighted by Crippen LogP contribution is 2.37. The van der Waals surface area contributed by atoms with Gasteiger partial charge in [0.1, 0.15) is 11.0 Å². The van der Waals surface area contributed by atoms with E-state index in [4.69, 9.17) is 26.8 Å². The Hall–Kier alpha value is -3.73. The van der Waals surface area contributed by atoms with Crippen molar-refractivity contribution in [2.45, 2.75) is 63.2 Å². The molecule has 0 spiro atoms. The van der Waals surface area contributed by atoms with Gasteiger partial charge in [0.2, 0.25) is 0 Å². The summed E-state index contributed by atoms with van der Waals surface area (Å²) in [5, 5.41) is 8.80. The van der Waals surface area contributed by atoms with Crippen molar-refractivity contribution in [3.8, 4) is 0 Å². The van der Waals surface area contributed by atoms with Gasteiger partial charge in [0.25, 0.3) is 0 Å². The molecule has 4 aromatic heterocycles. The van der Waals surface area contributed by atoms with E-state index in [1.807, 2.05) is 24.3 Å². The number of nitrogens with zero attached hydrogens (tertiary/aromatic N) is 6. The van der Waals surface area contributed by atoms with E-state index in [0.717, 1.165) is 74.0 Å². The number of ether oxygens (including phenoxy) is 2. The van der Waals surface area contributed by atoms with Crippen LogP contribution in [0.2, 0.25) is 5.15 Å². The molecule has 0 amide bonds. The lowest BCUT2D eigenvalue weighted by molar-refractivity contribution is -0.147. The van der Waals surface area contributed by atoms with Gasteiger partial charge in [-0.05, 0) is 57.4 Å². The second-order valence-corrected chi connectivity index (χ2v) is 10.8. The molecule has 0 bridgehead atoms. The number of aromatic nitrogens is 6. The smallest absolute Gasteiger partial charge is 0.308 e. The molecule has 0 atom stereocenters. The van der Waals surface area contributed by atoms with E-state index in [0.29, 0.717) is 22.8 Å². The third-order valence-corrected chi connectivity index (χ3v) is 8.37. The molecule has 2 fully saturated rings. The minimum atomic E-state index is -0.0966. The molecule has 4 aromatic rings. The second kappa shape index (κ2) is 12.2. The molecular weight excluding hydrogens is 534 g/mol. The van der Waals surface area contributed by atoms with Crippen LogP contribution in [0.5, 0.6) is 0 Å². The molecule has 2 saturated carbocycles. The van der Waals surface area contributed by atoms with E-state index in [-0.39, 0.29) is 23.8 Å². The summed E-state index contributed by atoms with van der Waals surface area (Å²) in [5.41, 5.74) is 9.52. The number of esters is 2. The number of rotatable bonds is 4. The van der Waals surface area contributed by atoms with Gasteiger partial charge in [-0.3, -0.25) is 9.59 Å². The minimum Gasteiger partial charge on any atom is -0.469 e. The fourth-order valence-electron chi connectivity index (χ4n) is 5.85. The van der Waals surface area contributed by atoms with Gasteiger partial charge in [0.15, 0.2) is 11.3 Å². The lowest BCUT2D eigenvalue weighted by Gasteiger charge is -2.26. The molecule has 0 saturated heterocycles. The first kappa shape index (κ1) is 27.8. The highest BCUT2D eigenvalue weighted by Gasteiger charge is 2.30. The van der Waals surface area contributed by atoms with Gasteiger partial charge in [-0.1, -0.05) is 11.6 Å². The van der Waals surface area contributed by atoms with Crippen molar-refractivity contribution in [3.05, 3.63) is 53.2 Å². The zero-order chi connectivity index (χ0) is 28.2. The van der Waals surface area contributed by atoms with Crippen LogP contribution < -0.4 is 5.73 Å². The number of nitrogen functional groups attached to an aromatic ring is 1. The van der Waals surface area contributed by atoms with Crippen molar-refractivity contribution in [3.63, 3.8) is 0 Å². The number of hydrogen-bond donors (Lipinski definition) is 1. The number of anilines is 1. The van der Waals surface area contributed by atoms with Crippen molar-refractivity contribution in [1.29, 1.82) is 0 Å². The Kier molecular flexibility index (Phi) is 8.49. The third-order valence-electron chi connectivity index (χ3n) is 8.10. The summed E-state index contributed by atoms with van der Waals surface area (Å²) in [7, 11) is 2.90. The fraction of sp³-hybridized carbons (Fsp3) is 0.500. The number of halogens is 1. The van der Waals surface area contributed by atoms with Gasteiger partial charge in [-0.2, -0.15) is 14.7 Å². The van der Waals surface area contributed by atoms with Crippen LogP contribution in [0.3, 0.4) is 0 Å². The lowest BCUT2D eigenvalue weighted by Crippen LogP contribution is -2.22. The summed E-state index contributed by atoms with van der Waals surface area (Å²) >= 11 is 6.21. The van der Waals surface area contributed by atoms with E-state index in [1.54, 1.807) is 21.4 Å². The zero-order valence-corrected chi connectivity index (χ0v) is 23.5. The number of nitrogens with two attached hydrogens (primary N) is 1. The predicted molar refractivity (Wildman–Crippen MR) is 149 cm³/mol. The molecule has 2 aliphatic carbocycles. The maximum atomic E-state index is 11.5. The van der Waals surface area contributed by atoms with Crippen molar-refractivity contribution in [1.82, 2.24) is 29.2 Å². The van der Waals surface area contributed by atoms with Crippen LogP contribution in [0.15, 0.2) is 36.7 Å². The molecule has 0 aromatic carbocycles. The fourth-order valence-corrected chi connectivity index (χ4v) is 6.09. The Morgan fingerprint density at radius 2 is 1.23 bits per heavy atom. The average Bonchev–Trinajstić information content (AvgIpc) is 3.67. The number of carbonyl (C=O) groups excluding carboxylic acids is 2. The average molecular weight is 568 g/mol. The van der Waals surface area contributed by atoms with Crippen LogP contribution >= 0.6 is 11.6 Å². The Morgan fingerprint density at radius 3 is 1.73 bits per heavy atom. The van der Waals surface area contributed by atoms with Crippen molar-refractivity contribution >= 4 is 40.7 Å². The van der Waals surface area contributed by atoms with Crippen LogP contribution in [0, 0.1) is 11.8 Å². The van der Waals surface area contributed by atoms with Gasteiger partial charge in [0.05, 0.1) is 38.4 Å². The maximum Gasteiger partial charge on any atom is 0.308 e. The normalized spacial score (nSPS) is 22.9. The first-order valence-corrected chi connectivity index (χ1v) is 14.0. The number of hydrogen-bond acceptors (Lipinski definition) is 9.